The molecule has 3 aromatic carbocycles. The highest BCUT2D eigenvalue weighted by molar-refractivity contribution is 6.00. The van der Waals surface area contributed by atoms with Crippen molar-refractivity contribution in [2.45, 2.75) is 0 Å². The highest BCUT2D eigenvalue weighted by Gasteiger charge is 2.17. The molecule has 0 bridgehead atoms. The minimum Gasteiger partial charge on any atom is -0.344 e. The average molecular weight is 309 g/mol. The Morgan fingerprint density at radius 2 is 1.17 bits per heavy atom. The van der Waals surface area contributed by atoms with Crippen molar-refractivity contribution in [2.24, 2.45) is 0 Å². The Kier molecular flexibility index (Phi) is 3.76. The number of hydrogen-bond donors (Lipinski definition) is 0. The molecule has 116 valence electrons. The Bertz CT molecular complexity index is 905. The van der Waals surface area contributed by atoms with Crippen LogP contribution in [0.15, 0.2) is 91.0 Å². The zero-order valence-corrected chi connectivity index (χ0v) is 13.7. The largest absolute Gasteiger partial charge is 0.344 e. The molecule has 0 amide bonds. The summed E-state index contributed by atoms with van der Waals surface area (Å²) in [5, 5.41) is 0. The third-order valence-corrected chi connectivity index (χ3v) is 4.44. The van der Waals surface area contributed by atoms with Gasteiger partial charge in [0.2, 0.25) is 0 Å². The second kappa shape index (κ2) is 6.21. The zero-order valence-electron chi connectivity index (χ0n) is 13.7. The first-order chi connectivity index (χ1) is 11.8. The molecule has 0 fully saturated rings. The van der Waals surface area contributed by atoms with Crippen LogP contribution in [-0.2, 0) is 0 Å². The number of benzene rings is 3. The van der Waals surface area contributed by atoms with Gasteiger partial charge >= 0.3 is 0 Å². The summed E-state index contributed by atoms with van der Waals surface area (Å²) >= 11 is 0. The molecule has 0 N–H and O–H groups in total. The van der Waals surface area contributed by atoms with Gasteiger partial charge in [0.15, 0.2) is 0 Å². The molecule has 0 atom stereocenters. The van der Waals surface area contributed by atoms with Gasteiger partial charge in [0.1, 0.15) is 0 Å². The molecule has 0 radical (unpaired) electrons. The second-order valence-electron chi connectivity index (χ2n) is 5.98. The van der Waals surface area contributed by atoms with Crippen LogP contribution in [0.3, 0.4) is 0 Å². The maximum atomic E-state index is 2.28. The molecule has 24 heavy (non-hydrogen) atoms. The molecule has 0 saturated heterocycles. The maximum absolute atomic E-state index is 2.28. The van der Waals surface area contributed by atoms with E-state index in [1.807, 2.05) is 0 Å². The van der Waals surface area contributed by atoms with E-state index in [9.17, 15) is 0 Å². The number of anilines is 1. The van der Waals surface area contributed by atoms with Crippen LogP contribution in [-0.4, -0.2) is 7.05 Å². The van der Waals surface area contributed by atoms with E-state index in [4.69, 9.17) is 0 Å². The van der Waals surface area contributed by atoms with Crippen LogP contribution < -0.4 is 4.90 Å². The quantitative estimate of drug-likeness (QED) is 0.585. The van der Waals surface area contributed by atoms with E-state index in [1.54, 1.807) is 0 Å². The fourth-order valence-electron chi connectivity index (χ4n) is 3.18. The van der Waals surface area contributed by atoms with E-state index in [1.165, 1.54) is 33.6 Å². The van der Waals surface area contributed by atoms with E-state index in [0.717, 1.165) is 0 Å². The third-order valence-electron chi connectivity index (χ3n) is 4.44. The zero-order chi connectivity index (χ0) is 16.4. The van der Waals surface area contributed by atoms with E-state index in [2.05, 4.69) is 109 Å². The molecule has 4 rings (SSSR count). The lowest BCUT2D eigenvalue weighted by Crippen LogP contribution is -2.15. The summed E-state index contributed by atoms with van der Waals surface area (Å²) in [6.45, 7) is 0. The fraction of sp³-hybridized carbons (Fsp3) is 0.0435. The normalized spacial score (nSPS) is 13.6. The minimum absolute atomic E-state index is 1.20. The summed E-state index contributed by atoms with van der Waals surface area (Å²) in [5.74, 6) is 0. The van der Waals surface area contributed by atoms with E-state index < -0.39 is 0 Å². The summed E-state index contributed by atoms with van der Waals surface area (Å²) in [6.07, 6.45) is 4.56. The van der Waals surface area contributed by atoms with Crippen LogP contribution >= 0.6 is 0 Å². The van der Waals surface area contributed by atoms with Crippen molar-refractivity contribution in [3.63, 3.8) is 0 Å². The summed E-state index contributed by atoms with van der Waals surface area (Å²) < 4.78 is 0. The van der Waals surface area contributed by atoms with Crippen molar-refractivity contribution in [1.29, 1.82) is 0 Å². The van der Waals surface area contributed by atoms with Gasteiger partial charge in [-0.05, 0) is 40.5 Å². The highest BCUT2D eigenvalue weighted by Crippen LogP contribution is 2.36. The van der Waals surface area contributed by atoms with Gasteiger partial charge in [-0.15, -0.1) is 0 Å². The molecule has 0 saturated carbocycles. The van der Waals surface area contributed by atoms with Crippen molar-refractivity contribution in [3.05, 3.63) is 108 Å². The van der Waals surface area contributed by atoms with Crippen LogP contribution in [0.25, 0.3) is 17.3 Å². The summed E-state index contributed by atoms with van der Waals surface area (Å²) in [7, 11) is 2.14. The summed E-state index contributed by atoms with van der Waals surface area (Å²) in [6, 6.07) is 29.7. The molecule has 1 nitrogen and oxygen atoms in total. The first-order valence-corrected chi connectivity index (χ1v) is 8.20. The Balaban J connectivity index is 1.94. The number of allylic oxidation sites excluding steroid dienone is 2. The minimum atomic E-state index is 1.20. The van der Waals surface area contributed by atoms with Crippen molar-refractivity contribution in [1.82, 2.24) is 0 Å². The van der Waals surface area contributed by atoms with E-state index >= 15 is 0 Å². The monoisotopic (exact) mass is 309 g/mol. The summed E-state index contributed by atoms with van der Waals surface area (Å²) in [5.41, 5.74) is 7.34. The Hall–Kier alpha value is -3.06. The number of para-hydroxylation sites is 1. The van der Waals surface area contributed by atoms with Crippen LogP contribution in [0.4, 0.5) is 5.69 Å². The van der Waals surface area contributed by atoms with Gasteiger partial charge in [0, 0.05) is 18.4 Å². The van der Waals surface area contributed by atoms with Gasteiger partial charge in [-0.2, -0.15) is 0 Å². The molecule has 1 aliphatic heterocycles. The molecule has 3 aromatic rings. The molecular formula is C23H19N. The van der Waals surface area contributed by atoms with E-state index in [-0.39, 0.29) is 0 Å². The SMILES string of the molecule is CN1C(c2ccccc2)=CC(c2ccccc2)=Cc2ccccc21. The van der Waals surface area contributed by atoms with Crippen molar-refractivity contribution in [2.75, 3.05) is 11.9 Å². The molecular weight excluding hydrogens is 290 g/mol. The predicted molar refractivity (Wildman–Crippen MR) is 104 cm³/mol. The number of hydrogen-bond acceptors (Lipinski definition) is 1. The van der Waals surface area contributed by atoms with Crippen molar-refractivity contribution in [3.8, 4) is 0 Å². The lowest BCUT2D eigenvalue weighted by Gasteiger charge is -2.23. The van der Waals surface area contributed by atoms with Gasteiger partial charge in [-0.3, -0.25) is 0 Å². The van der Waals surface area contributed by atoms with Gasteiger partial charge in [0.25, 0.3) is 0 Å². The predicted octanol–water partition coefficient (Wildman–Crippen LogP) is 5.72. The van der Waals surface area contributed by atoms with Gasteiger partial charge in [0.05, 0.1) is 0 Å². The smallest absolute Gasteiger partial charge is 0.0488 e. The van der Waals surface area contributed by atoms with Crippen LogP contribution in [0.1, 0.15) is 16.7 Å². The molecule has 0 aliphatic carbocycles. The van der Waals surface area contributed by atoms with Gasteiger partial charge < -0.3 is 4.90 Å². The molecule has 0 unspecified atom stereocenters. The Morgan fingerprint density at radius 1 is 0.583 bits per heavy atom. The molecule has 1 heteroatoms. The first kappa shape index (κ1) is 14.5. The van der Waals surface area contributed by atoms with Gasteiger partial charge in [-0.25, -0.2) is 0 Å². The third kappa shape index (κ3) is 2.65. The van der Waals surface area contributed by atoms with Crippen LogP contribution in [0.5, 0.6) is 0 Å². The Morgan fingerprint density at radius 3 is 1.88 bits per heavy atom. The first-order valence-electron chi connectivity index (χ1n) is 8.20. The second-order valence-corrected chi connectivity index (χ2v) is 5.98. The lowest BCUT2D eigenvalue weighted by molar-refractivity contribution is 1.22. The fourth-order valence-corrected chi connectivity index (χ4v) is 3.18. The lowest BCUT2D eigenvalue weighted by atomic mass is 10.0. The molecule has 1 aliphatic rings. The van der Waals surface area contributed by atoms with E-state index in [0.29, 0.717) is 0 Å². The van der Waals surface area contributed by atoms with Crippen LogP contribution in [0, 0.1) is 0 Å². The standard InChI is InChI=1S/C23H19N/c1-24-22-15-9-8-14-20(22)16-21(18-10-4-2-5-11-18)17-23(24)19-12-6-3-7-13-19/h2-17H,1H3. The average Bonchev–Trinajstić information content (AvgIpc) is 2.80. The number of nitrogens with zero attached hydrogens (tertiary/aromatic N) is 1. The molecule has 1 heterocycles. The van der Waals surface area contributed by atoms with Crippen LogP contribution in [0.2, 0.25) is 0 Å². The van der Waals surface area contributed by atoms with Crippen molar-refractivity contribution >= 4 is 23.0 Å². The number of fused-ring (bicyclic) bond motifs is 1. The molecule has 0 spiro atoms. The number of rotatable bonds is 2. The Labute approximate surface area is 143 Å². The van der Waals surface area contributed by atoms with Crippen molar-refractivity contribution < 1.29 is 0 Å². The maximum Gasteiger partial charge on any atom is 0.0488 e. The molecule has 0 aromatic heterocycles. The highest BCUT2D eigenvalue weighted by atomic mass is 15.1. The summed E-state index contributed by atoms with van der Waals surface area (Å²) in [4.78, 5) is 2.27. The topological polar surface area (TPSA) is 3.24 Å². The van der Waals surface area contributed by atoms with Gasteiger partial charge in [-0.1, -0.05) is 78.9 Å².